The molecule has 180 valence electrons. The average Bonchev–Trinajstić information content (AvgIpc) is 2.79. The molecule has 0 radical (unpaired) electrons. The highest BCUT2D eigenvalue weighted by Gasteiger charge is 2.35. The number of piperazine rings is 1. The highest BCUT2D eigenvalue weighted by Crippen LogP contribution is 2.49. The summed E-state index contributed by atoms with van der Waals surface area (Å²) < 4.78 is 46.9. The minimum atomic E-state index is -4.34. The number of halogens is 4. The summed E-state index contributed by atoms with van der Waals surface area (Å²) >= 11 is 1.55. The molecule has 0 aliphatic carbocycles. The number of para-hydroxylation sites is 1. The van der Waals surface area contributed by atoms with E-state index in [1.807, 2.05) is 24.3 Å². The van der Waals surface area contributed by atoms with Crippen molar-refractivity contribution in [2.75, 3.05) is 70.5 Å². The van der Waals surface area contributed by atoms with Crippen LogP contribution in [0.5, 0.6) is 0 Å². The summed E-state index contributed by atoms with van der Waals surface area (Å²) in [4.78, 5) is 6.57. The molecule has 0 bridgehead atoms. The Morgan fingerprint density at radius 2 is 1.58 bits per heavy atom. The first-order chi connectivity index (χ1) is 15.4. The van der Waals surface area contributed by atoms with E-state index in [0.29, 0.717) is 12.2 Å². The van der Waals surface area contributed by atoms with Crippen LogP contribution in [0.2, 0.25) is 0 Å². The molecule has 2 aromatic rings. The van der Waals surface area contributed by atoms with E-state index in [4.69, 9.17) is 4.74 Å². The van der Waals surface area contributed by atoms with Gasteiger partial charge < -0.3 is 26.5 Å². The maximum absolute atomic E-state index is 13.4. The van der Waals surface area contributed by atoms with Crippen LogP contribution < -0.4 is 17.3 Å². The lowest BCUT2D eigenvalue weighted by atomic mass is 10.1. The summed E-state index contributed by atoms with van der Waals surface area (Å²) in [5, 5.41) is 0. The van der Waals surface area contributed by atoms with E-state index < -0.39 is 11.7 Å². The number of anilines is 2. The van der Waals surface area contributed by atoms with Gasteiger partial charge in [0.05, 0.1) is 43.2 Å². The van der Waals surface area contributed by atoms with Crippen LogP contribution in [0, 0.1) is 0 Å². The molecule has 3 aliphatic heterocycles. The molecule has 1 spiro atoms. The summed E-state index contributed by atoms with van der Waals surface area (Å²) in [7, 11) is 0. The Morgan fingerprint density at radius 1 is 0.879 bits per heavy atom. The molecule has 2 fully saturated rings. The second-order valence-corrected chi connectivity index (χ2v) is 10.0. The van der Waals surface area contributed by atoms with Crippen molar-refractivity contribution >= 4 is 23.1 Å². The molecule has 3 aliphatic rings. The fourth-order valence-electron chi connectivity index (χ4n) is 5.03. The Morgan fingerprint density at radius 3 is 2.30 bits per heavy atom. The van der Waals surface area contributed by atoms with Crippen molar-refractivity contribution < 1.29 is 34.8 Å². The number of quaternary nitrogens is 1. The molecule has 2 saturated heterocycles. The molecular weight excluding hydrogens is 471 g/mol. The van der Waals surface area contributed by atoms with Gasteiger partial charge in [-0.25, -0.2) is 0 Å². The summed E-state index contributed by atoms with van der Waals surface area (Å²) in [5.74, 6) is 0. The van der Waals surface area contributed by atoms with Crippen LogP contribution in [-0.4, -0.2) is 75.0 Å². The Labute approximate surface area is 203 Å². The van der Waals surface area contributed by atoms with Crippen LogP contribution >= 0.6 is 11.8 Å². The first-order valence-corrected chi connectivity index (χ1v) is 12.2. The lowest BCUT2D eigenvalue weighted by Crippen LogP contribution is -3.00. The second-order valence-electron chi connectivity index (χ2n) is 8.95. The highest BCUT2D eigenvalue weighted by molar-refractivity contribution is 7.99. The van der Waals surface area contributed by atoms with E-state index in [2.05, 4.69) is 9.80 Å². The van der Waals surface area contributed by atoms with E-state index in [1.165, 1.54) is 29.7 Å². The summed E-state index contributed by atoms with van der Waals surface area (Å²) in [5.41, 5.74) is 1.08. The molecule has 9 heteroatoms. The van der Waals surface area contributed by atoms with E-state index in [0.717, 1.165) is 67.8 Å². The van der Waals surface area contributed by atoms with Crippen molar-refractivity contribution in [3.05, 3.63) is 48.0 Å². The van der Waals surface area contributed by atoms with Crippen LogP contribution in [0.15, 0.2) is 52.3 Å². The third-order valence-corrected chi connectivity index (χ3v) is 8.14. The van der Waals surface area contributed by atoms with Gasteiger partial charge in [0, 0.05) is 36.0 Å². The van der Waals surface area contributed by atoms with Crippen molar-refractivity contribution in [3.8, 4) is 0 Å². The first-order valence-electron chi connectivity index (χ1n) is 11.3. The van der Waals surface area contributed by atoms with Gasteiger partial charge in [-0.3, -0.25) is 4.90 Å². The van der Waals surface area contributed by atoms with Gasteiger partial charge in [-0.1, -0.05) is 23.9 Å². The third-order valence-electron chi connectivity index (χ3n) is 7.01. The minimum absolute atomic E-state index is 0. The summed E-state index contributed by atoms with van der Waals surface area (Å²) in [6.07, 6.45) is -3.42. The number of nitrogens with zero attached hydrogens (tertiary/aromatic N) is 3. The van der Waals surface area contributed by atoms with Gasteiger partial charge in [0.2, 0.25) is 0 Å². The van der Waals surface area contributed by atoms with Crippen LogP contribution in [-0.2, 0) is 10.9 Å². The minimum Gasteiger partial charge on any atom is -1.00 e. The molecule has 0 saturated carbocycles. The standard InChI is InChI=1S/C24H29F3N3OS.ClH/c25-24(26,27)19-6-7-23-21(18-19)29(20-4-1-2-5-22(20)32-23)9-3-8-28-10-12-30(13-11-28)14-16-31-17-15-30;/h1-2,4-7,18H,3,8-17H2;1H/q+1;/p-1. The third kappa shape index (κ3) is 5.30. The van der Waals surface area contributed by atoms with Crippen LogP contribution in [0.25, 0.3) is 0 Å². The van der Waals surface area contributed by atoms with Gasteiger partial charge in [0.15, 0.2) is 0 Å². The Bertz CT molecular complexity index is 958. The molecule has 33 heavy (non-hydrogen) atoms. The van der Waals surface area contributed by atoms with Crippen LogP contribution in [0.1, 0.15) is 12.0 Å². The van der Waals surface area contributed by atoms with Crippen LogP contribution in [0.3, 0.4) is 0 Å². The summed E-state index contributed by atoms with van der Waals surface area (Å²) in [6.45, 7) is 10.2. The SMILES string of the molecule is FC(F)(F)c1ccc2c(c1)N(CCCN1CC[N+]3(CCOCC3)CC1)c1ccccc1S2.[Cl-]. The topological polar surface area (TPSA) is 15.7 Å². The monoisotopic (exact) mass is 499 g/mol. The van der Waals surface area contributed by atoms with Gasteiger partial charge in [-0.05, 0) is 36.8 Å². The number of hydrogen-bond acceptors (Lipinski definition) is 4. The number of ether oxygens (including phenoxy) is 1. The maximum Gasteiger partial charge on any atom is 0.416 e. The van der Waals surface area contributed by atoms with E-state index in [1.54, 1.807) is 17.8 Å². The van der Waals surface area contributed by atoms with Crippen molar-refractivity contribution in [1.29, 1.82) is 0 Å². The van der Waals surface area contributed by atoms with E-state index >= 15 is 0 Å². The smallest absolute Gasteiger partial charge is 0.416 e. The van der Waals surface area contributed by atoms with E-state index in [9.17, 15) is 13.2 Å². The number of benzene rings is 2. The van der Waals surface area contributed by atoms with Crippen molar-refractivity contribution in [2.24, 2.45) is 0 Å². The van der Waals surface area contributed by atoms with Crippen LogP contribution in [0.4, 0.5) is 24.5 Å². The molecule has 3 heterocycles. The van der Waals surface area contributed by atoms with E-state index in [-0.39, 0.29) is 12.4 Å². The Kier molecular flexibility index (Phi) is 7.50. The Balaban J connectivity index is 0.00000259. The quantitative estimate of drug-likeness (QED) is 0.597. The van der Waals surface area contributed by atoms with Crippen molar-refractivity contribution in [1.82, 2.24) is 4.90 Å². The van der Waals surface area contributed by atoms with Gasteiger partial charge in [-0.15, -0.1) is 0 Å². The molecule has 0 amide bonds. The molecule has 0 unspecified atom stereocenters. The number of rotatable bonds is 4. The molecule has 5 rings (SSSR count). The summed E-state index contributed by atoms with van der Waals surface area (Å²) in [6, 6.07) is 12.1. The largest absolute Gasteiger partial charge is 1.00 e. The number of alkyl halides is 3. The fraction of sp³-hybridized carbons (Fsp3) is 0.500. The zero-order valence-electron chi connectivity index (χ0n) is 18.5. The average molecular weight is 500 g/mol. The highest BCUT2D eigenvalue weighted by atomic mass is 35.5. The lowest BCUT2D eigenvalue weighted by Gasteiger charge is -2.46. The maximum atomic E-state index is 13.4. The predicted molar refractivity (Wildman–Crippen MR) is 121 cm³/mol. The van der Waals surface area contributed by atoms with Crippen molar-refractivity contribution in [2.45, 2.75) is 22.4 Å². The molecule has 0 atom stereocenters. The Hall–Kier alpha value is -1.45. The predicted octanol–water partition coefficient (Wildman–Crippen LogP) is 1.86. The van der Waals surface area contributed by atoms with Gasteiger partial charge in [-0.2, -0.15) is 13.2 Å². The number of fused-ring (bicyclic) bond motifs is 2. The first kappa shape index (κ1) is 24.7. The van der Waals surface area contributed by atoms with Gasteiger partial charge in [0.25, 0.3) is 0 Å². The molecule has 4 nitrogen and oxygen atoms in total. The zero-order chi connectivity index (χ0) is 22.2. The van der Waals surface area contributed by atoms with Gasteiger partial charge in [0.1, 0.15) is 13.1 Å². The number of hydrogen-bond donors (Lipinski definition) is 0. The second kappa shape index (κ2) is 10.0. The normalized spacial score (nSPS) is 20.2. The number of morpholine rings is 1. The van der Waals surface area contributed by atoms with Gasteiger partial charge >= 0.3 is 6.18 Å². The molecule has 0 aromatic heterocycles. The zero-order valence-corrected chi connectivity index (χ0v) is 20.1. The lowest BCUT2D eigenvalue weighted by molar-refractivity contribution is -0.938. The molecular formula is C24H29ClF3N3OS. The molecule has 2 aromatic carbocycles. The molecule has 0 N–H and O–H groups in total. The fourth-order valence-corrected chi connectivity index (χ4v) is 6.11. The van der Waals surface area contributed by atoms with Crippen molar-refractivity contribution in [3.63, 3.8) is 0 Å².